The topological polar surface area (TPSA) is 68.7 Å². The van der Waals surface area contributed by atoms with Crippen molar-refractivity contribution in [1.29, 1.82) is 0 Å². The highest BCUT2D eigenvalue weighted by molar-refractivity contribution is 6.06. The predicted molar refractivity (Wildman–Crippen MR) is 102 cm³/mol. The highest BCUT2D eigenvalue weighted by Crippen LogP contribution is 2.31. The summed E-state index contributed by atoms with van der Waals surface area (Å²) < 4.78 is 0. The number of anilines is 1. The standard InChI is InChI=1S/C20H20N4O/c1-21-20-17-11-14(13-4-2-6-16(25)10-13)7-8-18(17)23-19(24-20)15-5-3-9-22-12-15/h2-8,10-12,19,22-23,25H,9H2,1H3,(H,21,24)/t19-/m0/s1. The Balaban J connectivity index is 1.72. The summed E-state index contributed by atoms with van der Waals surface area (Å²) in [4.78, 5) is 4.80. The highest BCUT2D eigenvalue weighted by Gasteiger charge is 2.22. The Morgan fingerprint density at radius 2 is 2.04 bits per heavy atom. The number of phenolic OH excluding ortho intramolecular Hbond substituents is 1. The van der Waals surface area contributed by atoms with Crippen LogP contribution in [0.15, 0.2) is 71.4 Å². The summed E-state index contributed by atoms with van der Waals surface area (Å²) in [6.45, 7) is 0.850. The Kier molecular flexibility index (Phi) is 3.90. The van der Waals surface area contributed by atoms with Gasteiger partial charge >= 0.3 is 0 Å². The minimum absolute atomic E-state index is 0.120. The van der Waals surface area contributed by atoms with E-state index >= 15 is 0 Å². The summed E-state index contributed by atoms with van der Waals surface area (Å²) in [5.41, 5.74) is 5.17. The molecular formula is C20H20N4O. The van der Waals surface area contributed by atoms with Gasteiger partial charge in [-0.15, -0.1) is 0 Å². The number of nitrogens with one attached hydrogen (secondary N) is 3. The van der Waals surface area contributed by atoms with E-state index in [1.807, 2.05) is 25.4 Å². The molecule has 2 aliphatic rings. The lowest BCUT2D eigenvalue weighted by Crippen LogP contribution is -2.33. The van der Waals surface area contributed by atoms with E-state index in [0.29, 0.717) is 0 Å². The average Bonchev–Trinajstić information content (AvgIpc) is 2.67. The summed E-state index contributed by atoms with van der Waals surface area (Å²) in [7, 11) is 1.88. The number of hydrogen-bond donors (Lipinski definition) is 4. The van der Waals surface area contributed by atoms with E-state index in [0.717, 1.165) is 40.3 Å². The Hall–Kier alpha value is -3.21. The second kappa shape index (κ2) is 6.36. The molecule has 0 fully saturated rings. The van der Waals surface area contributed by atoms with Crippen LogP contribution in [-0.2, 0) is 0 Å². The van der Waals surface area contributed by atoms with Gasteiger partial charge in [0.2, 0.25) is 0 Å². The molecule has 1 atom stereocenters. The van der Waals surface area contributed by atoms with Gasteiger partial charge < -0.3 is 21.1 Å². The SMILES string of the molecule is CNC1=N[C@@H](C2=CNCC=C2)Nc2ccc(-c3cccc(O)c3)cc21. The number of fused-ring (bicyclic) bond motifs is 1. The molecule has 0 radical (unpaired) electrons. The average molecular weight is 332 g/mol. The molecular weight excluding hydrogens is 312 g/mol. The number of aliphatic imine (C=N–C) groups is 1. The number of aromatic hydroxyl groups is 1. The van der Waals surface area contributed by atoms with Gasteiger partial charge in [0.1, 0.15) is 17.8 Å². The van der Waals surface area contributed by atoms with Crippen LogP contribution in [0.2, 0.25) is 0 Å². The van der Waals surface area contributed by atoms with Crippen molar-refractivity contribution in [3.05, 3.63) is 72.0 Å². The highest BCUT2D eigenvalue weighted by atomic mass is 16.3. The molecule has 0 amide bonds. The number of benzene rings is 2. The van der Waals surface area contributed by atoms with Crippen molar-refractivity contribution < 1.29 is 5.11 Å². The van der Waals surface area contributed by atoms with Crippen LogP contribution in [0.1, 0.15) is 5.56 Å². The molecule has 2 aliphatic heterocycles. The van der Waals surface area contributed by atoms with Crippen LogP contribution in [0.3, 0.4) is 0 Å². The maximum absolute atomic E-state index is 9.72. The Morgan fingerprint density at radius 1 is 1.16 bits per heavy atom. The van der Waals surface area contributed by atoms with Crippen molar-refractivity contribution in [1.82, 2.24) is 10.6 Å². The van der Waals surface area contributed by atoms with Crippen LogP contribution in [-0.4, -0.2) is 30.7 Å². The van der Waals surface area contributed by atoms with E-state index in [9.17, 15) is 5.11 Å². The van der Waals surface area contributed by atoms with Gasteiger partial charge in [-0.05, 0) is 35.4 Å². The monoisotopic (exact) mass is 332 g/mol. The van der Waals surface area contributed by atoms with Gasteiger partial charge in [0, 0.05) is 36.6 Å². The number of nitrogens with zero attached hydrogens (tertiary/aromatic N) is 1. The first-order chi connectivity index (χ1) is 12.2. The molecule has 2 heterocycles. The van der Waals surface area contributed by atoms with Crippen LogP contribution in [0.4, 0.5) is 5.69 Å². The lowest BCUT2D eigenvalue weighted by molar-refractivity contribution is 0.475. The first-order valence-corrected chi connectivity index (χ1v) is 8.30. The van der Waals surface area contributed by atoms with Crippen molar-refractivity contribution in [2.45, 2.75) is 6.17 Å². The predicted octanol–water partition coefficient (Wildman–Crippen LogP) is 2.82. The Labute approximate surface area is 146 Å². The van der Waals surface area contributed by atoms with E-state index in [1.165, 1.54) is 0 Å². The first-order valence-electron chi connectivity index (χ1n) is 8.30. The third-order valence-corrected chi connectivity index (χ3v) is 4.37. The van der Waals surface area contributed by atoms with Gasteiger partial charge in [-0.2, -0.15) is 0 Å². The molecule has 2 aromatic carbocycles. The fourth-order valence-electron chi connectivity index (χ4n) is 3.12. The molecule has 25 heavy (non-hydrogen) atoms. The zero-order valence-electron chi connectivity index (χ0n) is 14.0. The third kappa shape index (κ3) is 2.96. The van der Waals surface area contributed by atoms with Crippen molar-refractivity contribution in [3.63, 3.8) is 0 Å². The fraction of sp³-hybridized carbons (Fsp3) is 0.150. The third-order valence-electron chi connectivity index (χ3n) is 4.37. The van der Waals surface area contributed by atoms with E-state index in [2.05, 4.69) is 46.3 Å². The summed E-state index contributed by atoms with van der Waals surface area (Å²) >= 11 is 0. The molecule has 2 aromatic rings. The minimum Gasteiger partial charge on any atom is -0.508 e. The van der Waals surface area contributed by atoms with Crippen LogP contribution in [0.5, 0.6) is 5.75 Å². The minimum atomic E-state index is -0.120. The molecule has 4 N–H and O–H groups in total. The van der Waals surface area contributed by atoms with E-state index in [-0.39, 0.29) is 11.9 Å². The van der Waals surface area contributed by atoms with Gasteiger partial charge in [-0.3, -0.25) is 0 Å². The molecule has 0 saturated carbocycles. The van der Waals surface area contributed by atoms with E-state index in [1.54, 1.807) is 12.1 Å². The van der Waals surface area contributed by atoms with Gasteiger partial charge in [-0.1, -0.05) is 30.4 Å². The Morgan fingerprint density at radius 3 is 2.80 bits per heavy atom. The summed E-state index contributed by atoms with van der Waals surface area (Å²) in [5.74, 6) is 1.11. The van der Waals surface area contributed by atoms with Crippen molar-refractivity contribution in [2.24, 2.45) is 4.99 Å². The maximum atomic E-state index is 9.72. The zero-order chi connectivity index (χ0) is 17.2. The lowest BCUT2D eigenvalue weighted by Gasteiger charge is -2.27. The lowest BCUT2D eigenvalue weighted by atomic mass is 9.99. The molecule has 4 rings (SSSR count). The molecule has 0 spiro atoms. The number of rotatable bonds is 2. The normalized spacial score (nSPS) is 18.4. The van der Waals surface area contributed by atoms with E-state index < -0.39 is 0 Å². The number of dihydropyridines is 1. The van der Waals surface area contributed by atoms with Crippen molar-refractivity contribution in [3.8, 4) is 16.9 Å². The summed E-state index contributed by atoms with van der Waals surface area (Å²) in [5, 5.41) is 19.6. The van der Waals surface area contributed by atoms with E-state index in [4.69, 9.17) is 4.99 Å². The quantitative estimate of drug-likeness (QED) is 0.683. The van der Waals surface area contributed by atoms with Crippen LogP contribution < -0.4 is 16.0 Å². The van der Waals surface area contributed by atoms with Crippen molar-refractivity contribution in [2.75, 3.05) is 18.9 Å². The largest absolute Gasteiger partial charge is 0.508 e. The number of amidine groups is 1. The summed E-state index contributed by atoms with van der Waals surface area (Å²) in [6.07, 6.45) is 6.06. The Bertz CT molecular complexity index is 898. The molecule has 0 bridgehead atoms. The molecule has 5 heteroatoms. The van der Waals surface area contributed by atoms with Crippen LogP contribution in [0, 0.1) is 0 Å². The fourth-order valence-corrected chi connectivity index (χ4v) is 3.12. The van der Waals surface area contributed by atoms with Gasteiger partial charge in [-0.25, -0.2) is 4.99 Å². The maximum Gasteiger partial charge on any atom is 0.148 e. The molecule has 5 nitrogen and oxygen atoms in total. The second-order valence-electron chi connectivity index (χ2n) is 6.04. The zero-order valence-corrected chi connectivity index (χ0v) is 14.0. The van der Waals surface area contributed by atoms with Crippen molar-refractivity contribution >= 4 is 11.5 Å². The molecule has 0 aliphatic carbocycles. The molecule has 0 aromatic heterocycles. The van der Waals surface area contributed by atoms with Gasteiger partial charge in [0.25, 0.3) is 0 Å². The molecule has 0 unspecified atom stereocenters. The second-order valence-corrected chi connectivity index (χ2v) is 6.04. The molecule has 126 valence electrons. The van der Waals surface area contributed by atoms with Gasteiger partial charge in [0.15, 0.2) is 0 Å². The first kappa shape index (κ1) is 15.3. The summed E-state index contributed by atoms with van der Waals surface area (Å²) in [6, 6.07) is 13.5. The molecule has 0 saturated heterocycles. The number of phenols is 1. The smallest absolute Gasteiger partial charge is 0.148 e. The van der Waals surface area contributed by atoms with Crippen LogP contribution in [0.25, 0.3) is 11.1 Å². The number of hydrogen-bond acceptors (Lipinski definition) is 5. The van der Waals surface area contributed by atoms with Crippen LogP contribution >= 0.6 is 0 Å². The van der Waals surface area contributed by atoms with Gasteiger partial charge in [0.05, 0.1) is 0 Å².